The lowest BCUT2D eigenvalue weighted by Crippen LogP contribution is -2.66. The lowest BCUT2D eigenvalue weighted by atomic mass is 9.93. The molecule has 0 bridgehead atoms. The van der Waals surface area contributed by atoms with Crippen LogP contribution < -0.4 is 5.32 Å². The summed E-state index contributed by atoms with van der Waals surface area (Å²) in [6.07, 6.45) is 1.61. The van der Waals surface area contributed by atoms with Gasteiger partial charge in [-0.25, -0.2) is 0 Å². The fourth-order valence-electron chi connectivity index (χ4n) is 2.35. The van der Waals surface area contributed by atoms with Gasteiger partial charge in [-0.15, -0.1) is 0 Å². The molecule has 0 radical (unpaired) electrons. The Balaban J connectivity index is 2.96. The van der Waals surface area contributed by atoms with Gasteiger partial charge in [-0.1, -0.05) is 27.7 Å². The van der Waals surface area contributed by atoms with E-state index in [2.05, 4.69) is 5.32 Å². The summed E-state index contributed by atoms with van der Waals surface area (Å²) in [7, 11) is -0.969. The minimum Gasteiger partial charge on any atom is -0.342 e. The van der Waals surface area contributed by atoms with Crippen molar-refractivity contribution in [3.8, 4) is 0 Å². The number of carbonyl (C=O) groups excluding carboxylic acids is 2. The molecular weight excluding hydrogens is 264 g/mol. The molecule has 0 spiro atoms. The molecule has 1 heterocycles. The number of nitrogens with one attached hydrogen (secondary N) is 1. The maximum Gasteiger partial charge on any atom is 0.246 e. The van der Waals surface area contributed by atoms with Gasteiger partial charge in [-0.3, -0.25) is 13.8 Å². The van der Waals surface area contributed by atoms with Crippen molar-refractivity contribution in [3.63, 3.8) is 0 Å². The van der Waals surface area contributed by atoms with E-state index >= 15 is 0 Å². The van der Waals surface area contributed by atoms with Crippen molar-refractivity contribution in [1.82, 2.24) is 10.2 Å². The van der Waals surface area contributed by atoms with E-state index in [4.69, 9.17) is 0 Å². The van der Waals surface area contributed by atoms with E-state index in [1.807, 2.05) is 27.7 Å². The monoisotopic (exact) mass is 288 g/mol. The third-order valence-corrected chi connectivity index (χ3v) is 4.13. The second-order valence-corrected chi connectivity index (χ2v) is 7.28. The molecule has 0 aliphatic carbocycles. The van der Waals surface area contributed by atoms with Crippen molar-refractivity contribution in [3.05, 3.63) is 0 Å². The van der Waals surface area contributed by atoms with Crippen LogP contribution in [-0.2, 0) is 20.4 Å². The van der Waals surface area contributed by atoms with E-state index in [0.717, 1.165) is 0 Å². The molecule has 3 atom stereocenters. The number of nitrogens with zero attached hydrogens (tertiary/aromatic N) is 1. The highest BCUT2D eigenvalue weighted by atomic mass is 32.2. The quantitative estimate of drug-likeness (QED) is 0.795. The first-order chi connectivity index (χ1) is 8.75. The van der Waals surface area contributed by atoms with E-state index in [9.17, 15) is 13.8 Å². The van der Waals surface area contributed by atoms with Gasteiger partial charge in [0.1, 0.15) is 12.1 Å². The summed E-state index contributed by atoms with van der Waals surface area (Å²) in [5.74, 6) is 0.350. The van der Waals surface area contributed by atoms with Gasteiger partial charge in [0.15, 0.2) is 0 Å². The maximum atomic E-state index is 12.5. The Morgan fingerprint density at radius 1 is 1.21 bits per heavy atom. The summed E-state index contributed by atoms with van der Waals surface area (Å²) < 4.78 is 11.2. The van der Waals surface area contributed by atoms with Crippen molar-refractivity contribution in [1.29, 1.82) is 0 Å². The largest absolute Gasteiger partial charge is 0.342 e. The van der Waals surface area contributed by atoms with Crippen LogP contribution in [0.5, 0.6) is 0 Å². The zero-order valence-electron chi connectivity index (χ0n) is 12.3. The third kappa shape index (κ3) is 3.78. The van der Waals surface area contributed by atoms with Gasteiger partial charge >= 0.3 is 0 Å². The molecule has 1 saturated heterocycles. The van der Waals surface area contributed by atoms with Crippen LogP contribution in [-0.4, -0.2) is 51.6 Å². The SMILES string of the molecule is CC(C)C1NC(=O)C(C(C)C)N(CCS(C)=O)C1=O. The predicted molar refractivity (Wildman–Crippen MR) is 76.0 cm³/mol. The summed E-state index contributed by atoms with van der Waals surface area (Å²) in [6.45, 7) is 8.04. The zero-order valence-corrected chi connectivity index (χ0v) is 13.1. The van der Waals surface area contributed by atoms with Crippen molar-refractivity contribution >= 4 is 22.6 Å². The molecule has 1 N–H and O–H groups in total. The van der Waals surface area contributed by atoms with Crippen molar-refractivity contribution in [2.45, 2.75) is 39.8 Å². The molecule has 6 heteroatoms. The van der Waals surface area contributed by atoms with Gasteiger partial charge in [0, 0.05) is 29.4 Å². The van der Waals surface area contributed by atoms with E-state index in [1.54, 1.807) is 11.2 Å². The molecule has 0 aromatic heterocycles. The molecule has 1 aliphatic rings. The molecule has 3 unspecified atom stereocenters. The van der Waals surface area contributed by atoms with Crippen LogP contribution in [0.4, 0.5) is 0 Å². The highest BCUT2D eigenvalue weighted by Crippen LogP contribution is 2.20. The van der Waals surface area contributed by atoms with Gasteiger partial charge < -0.3 is 10.2 Å². The molecule has 19 heavy (non-hydrogen) atoms. The van der Waals surface area contributed by atoms with E-state index in [-0.39, 0.29) is 23.7 Å². The van der Waals surface area contributed by atoms with Crippen LogP contribution in [0.25, 0.3) is 0 Å². The average molecular weight is 288 g/mol. The minimum absolute atomic E-state index is 0.0438. The maximum absolute atomic E-state index is 12.5. The van der Waals surface area contributed by atoms with E-state index < -0.39 is 22.9 Å². The van der Waals surface area contributed by atoms with E-state index in [1.165, 1.54) is 0 Å². The van der Waals surface area contributed by atoms with Crippen molar-refractivity contribution in [2.24, 2.45) is 11.8 Å². The first-order valence-corrected chi connectivity index (χ1v) is 8.39. The Kier molecular flexibility index (Phi) is 5.52. The molecule has 1 rings (SSSR count). The molecule has 0 aromatic carbocycles. The summed E-state index contributed by atoms with van der Waals surface area (Å²) in [5.41, 5.74) is 0. The van der Waals surface area contributed by atoms with E-state index in [0.29, 0.717) is 12.3 Å². The van der Waals surface area contributed by atoms with Crippen LogP contribution in [0.1, 0.15) is 27.7 Å². The Morgan fingerprint density at radius 3 is 2.21 bits per heavy atom. The fraction of sp³-hybridized carbons (Fsp3) is 0.846. The minimum atomic E-state index is -0.969. The van der Waals surface area contributed by atoms with Crippen LogP contribution in [0.2, 0.25) is 0 Å². The van der Waals surface area contributed by atoms with Crippen molar-refractivity contribution < 1.29 is 13.8 Å². The van der Waals surface area contributed by atoms with Crippen LogP contribution in [0.15, 0.2) is 0 Å². The third-order valence-electron chi connectivity index (χ3n) is 3.37. The van der Waals surface area contributed by atoms with Gasteiger partial charge in [0.05, 0.1) is 0 Å². The standard InChI is InChI=1S/C13H24N2O3S/c1-8(2)10-13(17)15(6-7-19(5)18)11(9(3)4)12(16)14-10/h8-11H,6-7H2,1-5H3,(H,14,16). The van der Waals surface area contributed by atoms with Gasteiger partial charge in [-0.05, 0) is 11.8 Å². The second-order valence-electron chi connectivity index (χ2n) is 5.73. The molecule has 110 valence electrons. The van der Waals surface area contributed by atoms with Crippen LogP contribution in [0, 0.1) is 11.8 Å². The number of hydrogen-bond acceptors (Lipinski definition) is 3. The molecular formula is C13H24N2O3S. The smallest absolute Gasteiger partial charge is 0.246 e. The first kappa shape index (κ1) is 16.1. The molecule has 0 aromatic rings. The first-order valence-electron chi connectivity index (χ1n) is 6.66. The topological polar surface area (TPSA) is 66.5 Å². The Morgan fingerprint density at radius 2 is 1.79 bits per heavy atom. The molecule has 2 amide bonds. The number of amides is 2. The lowest BCUT2D eigenvalue weighted by Gasteiger charge is -2.41. The highest BCUT2D eigenvalue weighted by Gasteiger charge is 2.42. The zero-order chi connectivity index (χ0) is 14.7. The Hall–Kier alpha value is -0.910. The normalized spacial score (nSPS) is 25.9. The summed E-state index contributed by atoms with van der Waals surface area (Å²) in [4.78, 5) is 26.2. The summed E-state index contributed by atoms with van der Waals surface area (Å²) >= 11 is 0. The van der Waals surface area contributed by atoms with Crippen LogP contribution in [0.3, 0.4) is 0 Å². The van der Waals surface area contributed by atoms with Gasteiger partial charge in [-0.2, -0.15) is 0 Å². The highest BCUT2D eigenvalue weighted by molar-refractivity contribution is 7.84. The van der Waals surface area contributed by atoms with Gasteiger partial charge in [0.2, 0.25) is 11.8 Å². The van der Waals surface area contributed by atoms with Crippen LogP contribution >= 0.6 is 0 Å². The predicted octanol–water partition coefficient (Wildman–Crippen LogP) is 0.373. The average Bonchev–Trinajstić information content (AvgIpc) is 2.28. The number of rotatable bonds is 5. The Bertz CT molecular complexity index is 382. The number of piperazine rings is 1. The van der Waals surface area contributed by atoms with Crippen molar-refractivity contribution in [2.75, 3.05) is 18.6 Å². The fourth-order valence-corrected chi connectivity index (χ4v) is 2.80. The van der Waals surface area contributed by atoms with Gasteiger partial charge in [0.25, 0.3) is 0 Å². The lowest BCUT2D eigenvalue weighted by molar-refractivity contribution is -0.152. The second kappa shape index (κ2) is 6.50. The number of hydrogen-bond donors (Lipinski definition) is 1. The summed E-state index contributed by atoms with van der Waals surface area (Å²) in [5, 5.41) is 2.81. The summed E-state index contributed by atoms with van der Waals surface area (Å²) in [6, 6.07) is -0.918. The number of carbonyl (C=O) groups is 2. The molecule has 5 nitrogen and oxygen atoms in total. The molecule has 1 fully saturated rings. The molecule has 0 saturated carbocycles. The Labute approximate surface area is 117 Å². The molecule has 1 aliphatic heterocycles.